The quantitative estimate of drug-likeness (QED) is 0.526. The topological polar surface area (TPSA) is 90.4 Å². The highest BCUT2D eigenvalue weighted by Gasteiger charge is 2.74. The molecule has 2 unspecified atom stereocenters. The molecule has 0 radical (unpaired) electrons. The lowest BCUT2D eigenvalue weighted by Gasteiger charge is -2.40. The van der Waals surface area contributed by atoms with Crippen LogP contribution in [0.15, 0.2) is 25.3 Å². The first-order valence-electron chi connectivity index (χ1n) is 12.3. The van der Waals surface area contributed by atoms with Crippen LogP contribution in [0.5, 0.6) is 0 Å². The first-order chi connectivity index (χ1) is 15.9. The summed E-state index contributed by atoms with van der Waals surface area (Å²) >= 11 is 0. The molecule has 182 valence electrons. The van der Waals surface area contributed by atoms with E-state index in [-0.39, 0.29) is 43.0 Å². The van der Waals surface area contributed by atoms with Gasteiger partial charge in [0.05, 0.1) is 24.5 Å². The van der Waals surface area contributed by atoms with Crippen LogP contribution in [0, 0.1) is 11.8 Å². The molecule has 3 saturated heterocycles. The molecule has 1 spiro atoms. The molecule has 0 aromatic carbocycles. The second-order valence-corrected chi connectivity index (χ2v) is 9.89. The Morgan fingerprint density at radius 2 is 1.85 bits per heavy atom. The summed E-state index contributed by atoms with van der Waals surface area (Å²) < 4.78 is 6.45. The van der Waals surface area contributed by atoms with Gasteiger partial charge in [-0.1, -0.05) is 31.4 Å². The van der Waals surface area contributed by atoms with Crippen molar-refractivity contribution in [2.75, 3.05) is 33.3 Å². The third-order valence-electron chi connectivity index (χ3n) is 8.06. The highest BCUT2D eigenvalue weighted by Crippen LogP contribution is 2.58. The first-order valence-corrected chi connectivity index (χ1v) is 12.3. The minimum atomic E-state index is -1.02. The van der Waals surface area contributed by atoms with Gasteiger partial charge in [0.15, 0.2) is 0 Å². The van der Waals surface area contributed by atoms with E-state index in [0.29, 0.717) is 25.9 Å². The Labute approximate surface area is 196 Å². The normalized spacial score (nSPS) is 33.2. The van der Waals surface area contributed by atoms with Gasteiger partial charge in [0.2, 0.25) is 17.7 Å². The van der Waals surface area contributed by atoms with Crippen molar-refractivity contribution in [2.45, 2.75) is 68.7 Å². The zero-order valence-corrected chi connectivity index (χ0v) is 19.7. The molecular weight excluding hydrogens is 422 g/mol. The van der Waals surface area contributed by atoms with Crippen LogP contribution in [0.3, 0.4) is 0 Å². The lowest BCUT2D eigenvalue weighted by molar-refractivity contribution is -0.150. The van der Waals surface area contributed by atoms with E-state index in [1.807, 2.05) is 4.90 Å². The van der Waals surface area contributed by atoms with Gasteiger partial charge in [0.1, 0.15) is 11.6 Å². The van der Waals surface area contributed by atoms with Crippen molar-refractivity contribution >= 4 is 17.7 Å². The van der Waals surface area contributed by atoms with Crippen LogP contribution >= 0.6 is 0 Å². The summed E-state index contributed by atoms with van der Waals surface area (Å²) in [5.41, 5.74) is -1.02. The minimum absolute atomic E-state index is 0.0531. The summed E-state index contributed by atoms with van der Waals surface area (Å²) in [5.74, 6) is -1.85. The molecule has 4 rings (SSSR count). The summed E-state index contributed by atoms with van der Waals surface area (Å²) in [6.45, 7) is 8.16. The zero-order valence-electron chi connectivity index (χ0n) is 19.7. The Morgan fingerprint density at radius 3 is 2.48 bits per heavy atom. The molecule has 3 heterocycles. The Balaban J connectivity index is 1.69. The van der Waals surface area contributed by atoms with Crippen LogP contribution in [0.4, 0.5) is 0 Å². The van der Waals surface area contributed by atoms with Crippen LogP contribution in [0.2, 0.25) is 0 Å². The standard InChI is InChI=1S/C25H37N3O5/c1-4-13-26(3)22(30)19-18-11-12-25(33-18)20(19)23(31)28(15-16-29)21(25)24(32)27(14-5-2)17-9-7-6-8-10-17/h4-5,17-21,29H,1-2,6-16H2,3H3/t18-,19+,20+,21?,25?/m1/s1. The second kappa shape index (κ2) is 9.58. The number of fused-ring (bicyclic) bond motifs is 1. The fraction of sp³-hybridized carbons (Fsp3) is 0.720. The van der Waals surface area contributed by atoms with Gasteiger partial charge in [-0.05, 0) is 25.7 Å². The van der Waals surface area contributed by atoms with E-state index >= 15 is 0 Å². The van der Waals surface area contributed by atoms with E-state index in [9.17, 15) is 19.5 Å². The van der Waals surface area contributed by atoms with Crippen molar-refractivity contribution in [1.29, 1.82) is 0 Å². The van der Waals surface area contributed by atoms with E-state index in [2.05, 4.69) is 13.2 Å². The van der Waals surface area contributed by atoms with Crippen LogP contribution in [-0.4, -0.2) is 94.6 Å². The number of likely N-dealkylation sites (tertiary alicyclic amines) is 1. The number of amides is 3. The molecule has 33 heavy (non-hydrogen) atoms. The molecule has 3 amide bonds. The van der Waals surface area contributed by atoms with Crippen molar-refractivity contribution in [1.82, 2.24) is 14.7 Å². The van der Waals surface area contributed by atoms with Crippen LogP contribution < -0.4 is 0 Å². The fourth-order valence-electron chi connectivity index (χ4n) is 6.71. The van der Waals surface area contributed by atoms with Crippen molar-refractivity contribution in [3.63, 3.8) is 0 Å². The van der Waals surface area contributed by atoms with Gasteiger partial charge >= 0.3 is 0 Å². The van der Waals surface area contributed by atoms with Gasteiger partial charge in [-0.15, -0.1) is 13.2 Å². The van der Waals surface area contributed by atoms with Gasteiger partial charge in [-0.25, -0.2) is 0 Å². The second-order valence-electron chi connectivity index (χ2n) is 9.89. The third-order valence-corrected chi connectivity index (χ3v) is 8.06. The maximum absolute atomic E-state index is 14.1. The smallest absolute Gasteiger partial charge is 0.248 e. The molecule has 3 aliphatic heterocycles. The highest BCUT2D eigenvalue weighted by molar-refractivity contribution is 5.99. The predicted molar refractivity (Wildman–Crippen MR) is 123 cm³/mol. The number of carbonyl (C=O) groups excluding carboxylic acids is 3. The molecule has 8 heteroatoms. The number of aliphatic hydroxyl groups is 1. The van der Waals surface area contributed by atoms with E-state index in [4.69, 9.17) is 4.74 Å². The number of hydrogen-bond donors (Lipinski definition) is 1. The number of likely N-dealkylation sites (N-methyl/N-ethyl adjacent to an activating group) is 1. The molecule has 4 aliphatic rings. The molecule has 2 bridgehead atoms. The largest absolute Gasteiger partial charge is 0.395 e. The Bertz CT molecular complexity index is 810. The Hall–Kier alpha value is -2.19. The number of β-amino-alcohol motifs (C(OH)–C–C–N with tert-alkyl or cyclic N) is 1. The maximum Gasteiger partial charge on any atom is 0.248 e. The van der Waals surface area contributed by atoms with Crippen LogP contribution in [0.25, 0.3) is 0 Å². The minimum Gasteiger partial charge on any atom is -0.395 e. The molecule has 4 fully saturated rings. The highest BCUT2D eigenvalue weighted by atomic mass is 16.5. The SMILES string of the molecule is C=CCN(C)C(=O)[C@@H]1[C@H]2C(=O)N(CCO)C(C(=O)N(CC=C)C3CCCCC3)C23CC[C@H]1O3. The summed E-state index contributed by atoms with van der Waals surface area (Å²) in [6.07, 6.45) is 9.43. The van der Waals surface area contributed by atoms with E-state index in [0.717, 1.165) is 25.7 Å². The number of ether oxygens (including phenoxy) is 1. The monoisotopic (exact) mass is 459 g/mol. The summed E-state index contributed by atoms with van der Waals surface area (Å²) in [4.78, 5) is 46.0. The van der Waals surface area contributed by atoms with E-state index < -0.39 is 23.5 Å². The van der Waals surface area contributed by atoms with Crippen molar-refractivity contribution < 1.29 is 24.2 Å². The Kier molecular flexibility index (Phi) is 6.96. The van der Waals surface area contributed by atoms with E-state index in [1.165, 1.54) is 11.3 Å². The third kappa shape index (κ3) is 3.81. The summed E-state index contributed by atoms with van der Waals surface area (Å²) in [5, 5.41) is 9.74. The lowest BCUT2D eigenvalue weighted by Crippen LogP contribution is -2.58. The molecular formula is C25H37N3O5. The van der Waals surface area contributed by atoms with Crippen molar-refractivity contribution in [3.05, 3.63) is 25.3 Å². The molecule has 1 aliphatic carbocycles. The van der Waals surface area contributed by atoms with Crippen LogP contribution in [0.1, 0.15) is 44.9 Å². The summed E-state index contributed by atoms with van der Waals surface area (Å²) in [6, 6.07) is -0.711. The molecule has 0 aromatic rings. The number of aliphatic hydroxyl groups excluding tert-OH is 1. The molecule has 8 nitrogen and oxygen atoms in total. The van der Waals surface area contributed by atoms with Gasteiger partial charge < -0.3 is 24.5 Å². The first kappa shape index (κ1) is 24.0. The van der Waals surface area contributed by atoms with Gasteiger partial charge in [0, 0.05) is 32.7 Å². The number of hydrogen-bond acceptors (Lipinski definition) is 5. The van der Waals surface area contributed by atoms with Gasteiger partial charge in [-0.2, -0.15) is 0 Å². The van der Waals surface area contributed by atoms with Crippen molar-refractivity contribution in [2.24, 2.45) is 11.8 Å². The summed E-state index contributed by atoms with van der Waals surface area (Å²) in [7, 11) is 1.70. The lowest BCUT2D eigenvalue weighted by atomic mass is 9.70. The zero-order chi connectivity index (χ0) is 23.8. The number of carbonyl (C=O) groups is 3. The fourth-order valence-corrected chi connectivity index (χ4v) is 6.71. The van der Waals surface area contributed by atoms with Crippen molar-refractivity contribution in [3.8, 4) is 0 Å². The average molecular weight is 460 g/mol. The Morgan fingerprint density at radius 1 is 1.15 bits per heavy atom. The van der Waals surface area contributed by atoms with Gasteiger partial charge in [-0.3, -0.25) is 14.4 Å². The molecule has 1 N–H and O–H groups in total. The molecule has 1 saturated carbocycles. The predicted octanol–water partition coefficient (Wildman–Crippen LogP) is 1.35. The van der Waals surface area contributed by atoms with Gasteiger partial charge in [0.25, 0.3) is 0 Å². The van der Waals surface area contributed by atoms with Crippen LogP contribution in [-0.2, 0) is 19.1 Å². The molecule has 5 atom stereocenters. The number of rotatable bonds is 9. The average Bonchev–Trinajstić information content (AvgIpc) is 3.45. The number of nitrogens with zero attached hydrogens (tertiary/aromatic N) is 3. The van der Waals surface area contributed by atoms with E-state index in [1.54, 1.807) is 24.1 Å². The maximum atomic E-state index is 14.1. The molecule has 0 aromatic heterocycles.